The van der Waals surface area contributed by atoms with Gasteiger partial charge in [0.05, 0.1) is 18.4 Å². The summed E-state index contributed by atoms with van der Waals surface area (Å²) in [5.41, 5.74) is 4.86. The lowest BCUT2D eigenvalue weighted by Gasteiger charge is -2.04. The summed E-state index contributed by atoms with van der Waals surface area (Å²) in [4.78, 5) is 7.66. The number of hydrogen-bond donors (Lipinski definition) is 2. The molecule has 0 atom stereocenters. The summed E-state index contributed by atoms with van der Waals surface area (Å²) in [5, 5.41) is 3.08. The number of H-pyrrole nitrogens is 1. The van der Waals surface area contributed by atoms with Crippen LogP contribution < -0.4 is 5.32 Å². The molecule has 1 aromatic carbocycles. The van der Waals surface area contributed by atoms with Crippen molar-refractivity contribution in [1.82, 2.24) is 15.3 Å². The molecule has 1 heterocycles. The summed E-state index contributed by atoms with van der Waals surface area (Å²) < 4.78 is 0. The van der Waals surface area contributed by atoms with Gasteiger partial charge in [0.2, 0.25) is 0 Å². The smallest absolute Gasteiger partial charge is 0.120 e. The van der Waals surface area contributed by atoms with E-state index in [1.807, 2.05) is 13.2 Å². The van der Waals surface area contributed by atoms with Crippen LogP contribution in [0.2, 0.25) is 0 Å². The van der Waals surface area contributed by atoms with Crippen LogP contribution in [0.5, 0.6) is 0 Å². The Morgan fingerprint density at radius 3 is 2.88 bits per heavy atom. The zero-order valence-corrected chi connectivity index (χ0v) is 9.96. The third kappa shape index (κ3) is 2.14. The van der Waals surface area contributed by atoms with E-state index in [-0.39, 0.29) is 0 Å². The maximum Gasteiger partial charge on any atom is 0.120 e. The first-order chi connectivity index (χ1) is 7.70. The van der Waals surface area contributed by atoms with E-state index in [0.29, 0.717) is 0 Å². The maximum absolute atomic E-state index is 4.34. The summed E-state index contributed by atoms with van der Waals surface area (Å²) >= 11 is 0. The Labute approximate surface area is 95.9 Å². The Morgan fingerprint density at radius 1 is 1.31 bits per heavy atom. The standard InChI is InChI=1S/C13H17N3/c1-9-4-5-10(2)11(6-9)12-7-15-13(16-12)8-14-3/h4-7,14H,8H2,1-3H3,(H,15,16). The van der Waals surface area contributed by atoms with Crippen LogP contribution >= 0.6 is 0 Å². The number of nitrogens with zero attached hydrogens (tertiary/aromatic N) is 1. The van der Waals surface area contributed by atoms with Crippen molar-refractivity contribution >= 4 is 0 Å². The van der Waals surface area contributed by atoms with E-state index in [9.17, 15) is 0 Å². The molecule has 0 aliphatic heterocycles. The van der Waals surface area contributed by atoms with Gasteiger partial charge in [0.15, 0.2) is 0 Å². The fourth-order valence-corrected chi connectivity index (χ4v) is 1.78. The lowest BCUT2D eigenvalue weighted by molar-refractivity contribution is 0.772. The highest BCUT2D eigenvalue weighted by molar-refractivity contribution is 5.63. The van der Waals surface area contributed by atoms with Crippen LogP contribution in [0.3, 0.4) is 0 Å². The number of nitrogens with one attached hydrogen (secondary N) is 2. The summed E-state index contributed by atoms with van der Waals surface area (Å²) in [6.45, 7) is 4.99. The van der Waals surface area contributed by atoms with Crippen molar-refractivity contribution in [3.63, 3.8) is 0 Å². The molecule has 0 unspecified atom stereocenters. The van der Waals surface area contributed by atoms with Crippen LogP contribution in [-0.2, 0) is 6.54 Å². The minimum absolute atomic E-state index is 0.769. The minimum atomic E-state index is 0.769. The number of imidazole rings is 1. The highest BCUT2D eigenvalue weighted by Gasteiger charge is 2.05. The number of rotatable bonds is 3. The number of aromatic nitrogens is 2. The van der Waals surface area contributed by atoms with Gasteiger partial charge in [-0.05, 0) is 32.5 Å². The summed E-state index contributed by atoms with van der Waals surface area (Å²) in [6.07, 6.45) is 1.90. The van der Waals surface area contributed by atoms with Gasteiger partial charge in [-0.1, -0.05) is 17.7 Å². The Bertz CT molecular complexity index is 486. The molecule has 0 radical (unpaired) electrons. The zero-order valence-electron chi connectivity index (χ0n) is 9.96. The molecule has 0 spiro atoms. The third-order valence-electron chi connectivity index (χ3n) is 2.66. The molecule has 0 saturated heterocycles. The number of aryl methyl sites for hydroxylation is 2. The molecular weight excluding hydrogens is 198 g/mol. The number of aromatic amines is 1. The fourth-order valence-electron chi connectivity index (χ4n) is 1.78. The van der Waals surface area contributed by atoms with Gasteiger partial charge in [0.1, 0.15) is 5.82 Å². The molecule has 3 nitrogen and oxygen atoms in total. The van der Waals surface area contributed by atoms with Gasteiger partial charge in [-0.2, -0.15) is 0 Å². The molecule has 2 aromatic rings. The molecule has 0 bridgehead atoms. The predicted molar refractivity (Wildman–Crippen MR) is 66.3 cm³/mol. The molecule has 1 aromatic heterocycles. The molecule has 3 heteroatoms. The average Bonchev–Trinajstić information content (AvgIpc) is 2.71. The summed E-state index contributed by atoms with van der Waals surface area (Å²) in [7, 11) is 1.92. The molecule has 0 amide bonds. The highest BCUT2D eigenvalue weighted by Crippen LogP contribution is 2.22. The van der Waals surface area contributed by atoms with Gasteiger partial charge in [-0.15, -0.1) is 0 Å². The number of hydrogen-bond acceptors (Lipinski definition) is 2. The maximum atomic E-state index is 4.34. The van der Waals surface area contributed by atoms with Gasteiger partial charge < -0.3 is 10.3 Å². The van der Waals surface area contributed by atoms with E-state index >= 15 is 0 Å². The Morgan fingerprint density at radius 2 is 2.12 bits per heavy atom. The van der Waals surface area contributed by atoms with Gasteiger partial charge in [-0.25, -0.2) is 4.98 Å². The molecule has 0 aliphatic rings. The van der Waals surface area contributed by atoms with Gasteiger partial charge in [0, 0.05) is 5.56 Å². The lowest BCUT2D eigenvalue weighted by atomic mass is 10.0. The first-order valence-electron chi connectivity index (χ1n) is 5.47. The second kappa shape index (κ2) is 4.49. The molecule has 84 valence electrons. The van der Waals surface area contributed by atoms with Gasteiger partial charge >= 0.3 is 0 Å². The highest BCUT2D eigenvalue weighted by atomic mass is 15.0. The van der Waals surface area contributed by atoms with Gasteiger partial charge in [0.25, 0.3) is 0 Å². The largest absolute Gasteiger partial charge is 0.341 e. The Hall–Kier alpha value is -1.61. The van der Waals surface area contributed by atoms with E-state index in [2.05, 4.69) is 47.3 Å². The average molecular weight is 215 g/mol. The molecule has 16 heavy (non-hydrogen) atoms. The fraction of sp³-hybridized carbons (Fsp3) is 0.308. The quantitative estimate of drug-likeness (QED) is 0.825. The van der Waals surface area contributed by atoms with Crippen molar-refractivity contribution in [3.05, 3.63) is 41.3 Å². The zero-order chi connectivity index (χ0) is 11.5. The molecular formula is C13H17N3. The molecule has 0 aliphatic carbocycles. The molecule has 2 N–H and O–H groups in total. The van der Waals surface area contributed by atoms with Gasteiger partial charge in [-0.3, -0.25) is 0 Å². The van der Waals surface area contributed by atoms with Crippen LogP contribution in [-0.4, -0.2) is 17.0 Å². The first-order valence-corrected chi connectivity index (χ1v) is 5.47. The van der Waals surface area contributed by atoms with Crippen LogP contribution in [0, 0.1) is 13.8 Å². The summed E-state index contributed by atoms with van der Waals surface area (Å²) in [5.74, 6) is 0.971. The number of benzene rings is 1. The van der Waals surface area contributed by atoms with Crippen LogP contribution in [0.1, 0.15) is 17.0 Å². The normalized spacial score (nSPS) is 10.7. The second-order valence-corrected chi connectivity index (χ2v) is 4.09. The van der Waals surface area contributed by atoms with E-state index < -0.39 is 0 Å². The van der Waals surface area contributed by atoms with Crippen molar-refractivity contribution in [1.29, 1.82) is 0 Å². The van der Waals surface area contributed by atoms with Crippen molar-refractivity contribution in [2.75, 3.05) is 7.05 Å². The molecule has 2 rings (SSSR count). The lowest BCUT2D eigenvalue weighted by Crippen LogP contribution is -2.06. The minimum Gasteiger partial charge on any atom is -0.341 e. The SMILES string of the molecule is CNCc1ncc(-c2cc(C)ccc2C)[nH]1. The van der Waals surface area contributed by atoms with Crippen molar-refractivity contribution in [3.8, 4) is 11.3 Å². The van der Waals surface area contributed by atoms with Crippen LogP contribution in [0.4, 0.5) is 0 Å². The van der Waals surface area contributed by atoms with E-state index in [0.717, 1.165) is 18.1 Å². The van der Waals surface area contributed by atoms with Crippen LogP contribution in [0.25, 0.3) is 11.3 Å². The van der Waals surface area contributed by atoms with E-state index in [4.69, 9.17) is 0 Å². The topological polar surface area (TPSA) is 40.7 Å². The second-order valence-electron chi connectivity index (χ2n) is 4.09. The molecule has 0 saturated carbocycles. The van der Waals surface area contributed by atoms with E-state index in [1.54, 1.807) is 0 Å². The Balaban J connectivity index is 2.38. The third-order valence-corrected chi connectivity index (χ3v) is 2.66. The Kier molecular flexibility index (Phi) is 3.06. The van der Waals surface area contributed by atoms with Crippen molar-refractivity contribution in [2.45, 2.75) is 20.4 Å². The van der Waals surface area contributed by atoms with Crippen LogP contribution in [0.15, 0.2) is 24.4 Å². The summed E-state index contributed by atoms with van der Waals surface area (Å²) in [6, 6.07) is 6.46. The van der Waals surface area contributed by atoms with Crippen molar-refractivity contribution < 1.29 is 0 Å². The molecule has 0 fully saturated rings. The van der Waals surface area contributed by atoms with Crippen molar-refractivity contribution in [2.24, 2.45) is 0 Å². The predicted octanol–water partition coefficient (Wildman–Crippen LogP) is 2.41. The first kappa shape index (κ1) is 10.9. The monoisotopic (exact) mass is 215 g/mol. The van der Waals surface area contributed by atoms with E-state index in [1.165, 1.54) is 16.7 Å².